The van der Waals surface area contributed by atoms with Gasteiger partial charge in [-0.15, -0.1) is 0 Å². The summed E-state index contributed by atoms with van der Waals surface area (Å²) >= 11 is 0. The largest absolute Gasteiger partial charge is 0.475 e. The number of hydrogen-bond donors (Lipinski definition) is 5. The number of hydrogen-bond acceptors (Lipinski definition) is 7. The topological polar surface area (TPSA) is 149 Å². The zero-order chi connectivity index (χ0) is 27.0. The van der Waals surface area contributed by atoms with E-state index >= 15 is 0 Å². The molecule has 2 atom stereocenters. The Bertz CT molecular complexity index is 1140. The average Bonchev–Trinajstić information content (AvgIpc) is 3.26. The molecule has 0 saturated carbocycles. The lowest BCUT2D eigenvalue weighted by molar-refractivity contribution is -0.144. The third-order valence-electron chi connectivity index (χ3n) is 5.89. The van der Waals surface area contributed by atoms with E-state index in [-0.39, 0.29) is 37.1 Å². The first-order valence-electron chi connectivity index (χ1n) is 12.2. The molecule has 5 N–H and O–H groups in total. The molecule has 0 aromatic heterocycles. The molecule has 2 aromatic carbocycles. The molecular formula is C26H33BN4O6. The van der Waals surface area contributed by atoms with Crippen LogP contribution in [0.15, 0.2) is 59.8 Å². The number of nitrogens with zero attached hydrogens (tertiary/aromatic N) is 1. The van der Waals surface area contributed by atoms with Crippen molar-refractivity contribution in [2.24, 2.45) is 11.1 Å². The van der Waals surface area contributed by atoms with E-state index < -0.39 is 24.6 Å². The summed E-state index contributed by atoms with van der Waals surface area (Å²) in [6, 6.07) is 15.8. The summed E-state index contributed by atoms with van der Waals surface area (Å²) in [5.74, 6) is -1.88. The van der Waals surface area contributed by atoms with E-state index in [0.717, 1.165) is 5.56 Å². The van der Waals surface area contributed by atoms with E-state index in [1.807, 2.05) is 44.2 Å². The van der Waals surface area contributed by atoms with Crippen LogP contribution < -0.4 is 16.0 Å². The summed E-state index contributed by atoms with van der Waals surface area (Å²) in [5, 5.41) is 31.8. The average molecular weight is 508 g/mol. The maximum Gasteiger partial charge on any atom is 0.475 e. The van der Waals surface area contributed by atoms with Crippen molar-refractivity contribution >= 4 is 36.2 Å². The lowest BCUT2D eigenvalue weighted by Crippen LogP contribution is -2.56. The predicted octanol–water partition coefficient (Wildman–Crippen LogP) is 1.68. The molecule has 37 heavy (non-hydrogen) atoms. The number of rotatable bonds is 11. The summed E-state index contributed by atoms with van der Waals surface area (Å²) < 4.78 is 0. The molecule has 1 unspecified atom stereocenters. The third kappa shape index (κ3) is 7.89. The number of carbonyl (C=O) groups excluding carboxylic acids is 3. The van der Waals surface area contributed by atoms with E-state index in [4.69, 9.17) is 4.84 Å². The zero-order valence-corrected chi connectivity index (χ0v) is 21.2. The van der Waals surface area contributed by atoms with Crippen LogP contribution in [0.5, 0.6) is 0 Å². The first-order valence-corrected chi connectivity index (χ1v) is 12.2. The lowest BCUT2D eigenvalue weighted by Gasteiger charge is -2.29. The van der Waals surface area contributed by atoms with Crippen LogP contribution in [0.2, 0.25) is 0 Å². The van der Waals surface area contributed by atoms with Gasteiger partial charge in [-0.1, -0.05) is 55.4 Å². The summed E-state index contributed by atoms with van der Waals surface area (Å²) in [7, 11) is -1.73. The molecular weight excluding hydrogens is 475 g/mol. The molecule has 2 aromatic rings. The Morgan fingerprint density at radius 3 is 2.49 bits per heavy atom. The highest BCUT2D eigenvalue weighted by Gasteiger charge is 2.48. The van der Waals surface area contributed by atoms with Crippen molar-refractivity contribution < 1.29 is 29.3 Å². The Morgan fingerprint density at radius 2 is 1.84 bits per heavy atom. The first-order chi connectivity index (χ1) is 17.6. The van der Waals surface area contributed by atoms with Gasteiger partial charge in [-0.05, 0) is 36.1 Å². The summed E-state index contributed by atoms with van der Waals surface area (Å²) in [4.78, 5) is 43.2. The SMILES string of the molecule is CC(=O)Nc1cccc(C(=O)NCC2=NOC(Cc3ccccc3)(C(=O)N[C@@H](CC(C)C)B(O)O)C2)c1. The molecule has 1 heterocycles. The van der Waals surface area contributed by atoms with E-state index in [9.17, 15) is 24.4 Å². The molecule has 1 aliphatic heterocycles. The van der Waals surface area contributed by atoms with Crippen LogP contribution in [0.25, 0.3) is 0 Å². The second-order valence-electron chi connectivity index (χ2n) is 9.65. The number of nitrogens with one attached hydrogen (secondary N) is 3. The molecule has 0 radical (unpaired) electrons. The van der Waals surface area contributed by atoms with Gasteiger partial charge in [-0.3, -0.25) is 14.4 Å². The van der Waals surface area contributed by atoms with Gasteiger partial charge >= 0.3 is 7.12 Å². The van der Waals surface area contributed by atoms with Gasteiger partial charge in [0.2, 0.25) is 11.5 Å². The maximum absolute atomic E-state index is 13.4. The van der Waals surface area contributed by atoms with Crippen LogP contribution in [0.4, 0.5) is 5.69 Å². The second kappa shape index (κ2) is 12.5. The number of oxime groups is 1. The van der Waals surface area contributed by atoms with Gasteiger partial charge in [0, 0.05) is 31.0 Å². The van der Waals surface area contributed by atoms with Crippen molar-refractivity contribution in [1.29, 1.82) is 0 Å². The van der Waals surface area contributed by atoms with Crippen LogP contribution in [-0.2, 0) is 20.8 Å². The Balaban J connectivity index is 1.71. The fourth-order valence-corrected chi connectivity index (χ4v) is 4.15. The highest BCUT2D eigenvalue weighted by molar-refractivity contribution is 6.43. The van der Waals surface area contributed by atoms with Crippen LogP contribution in [0.1, 0.15) is 49.5 Å². The van der Waals surface area contributed by atoms with Crippen molar-refractivity contribution in [3.63, 3.8) is 0 Å². The molecule has 11 heteroatoms. The molecule has 3 rings (SSSR count). The molecule has 0 bridgehead atoms. The Hall–Kier alpha value is -3.70. The lowest BCUT2D eigenvalue weighted by atomic mass is 9.74. The van der Waals surface area contributed by atoms with Gasteiger partial charge in [0.15, 0.2) is 0 Å². The van der Waals surface area contributed by atoms with Crippen LogP contribution in [-0.4, -0.2) is 58.7 Å². The van der Waals surface area contributed by atoms with E-state index in [2.05, 4.69) is 21.1 Å². The van der Waals surface area contributed by atoms with Crippen LogP contribution in [0.3, 0.4) is 0 Å². The van der Waals surface area contributed by atoms with Gasteiger partial charge in [0.1, 0.15) is 0 Å². The fraction of sp³-hybridized carbons (Fsp3) is 0.385. The zero-order valence-electron chi connectivity index (χ0n) is 21.2. The molecule has 1 aliphatic rings. The van der Waals surface area contributed by atoms with Gasteiger partial charge < -0.3 is 30.8 Å². The van der Waals surface area contributed by atoms with E-state index in [1.165, 1.54) is 6.92 Å². The summed E-state index contributed by atoms with van der Waals surface area (Å²) in [5.41, 5.74) is 0.756. The minimum atomic E-state index is -1.73. The summed E-state index contributed by atoms with van der Waals surface area (Å²) in [6.07, 6.45) is 0.678. The Labute approximate surface area is 216 Å². The van der Waals surface area contributed by atoms with Gasteiger partial charge in [-0.25, -0.2) is 0 Å². The van der Waals surface area contributed by atoms with Gasteiger partial charge in [0.25, 0.3) is 11.8 Å². The number of amides is 3. The Morgan fingerprint density at radius 1 is 1.11 bits per heavy atom. The molecule has 10 nitrogen and oxygen atoms in total. The Kier molecular flexibility index (Phi) is 9.43. The number of benzene rings is 2. The highest BCUT2D eigenvalue weighted by Crippen LogP contribution is 2.29. The maximum atomic E-state index is 13.4. The van der Waals surface area contributed by atoms with Crippen molar-refractivity contribution in [1.82, 2.24) is 10.6 Å². The smallest absolute Gasteiger partial charge is 0.426 e. The first kappa shape index (κ1) is 27.9. The predicted molar refractivity (Wildman–Crippen MR) is 141 cm³/mol. The van der Waals surface area contributed by atoms with Gasteiger partial charge in [-0.2, -0.15) is 0 Å². The highest BCUT2D eigenvalue weighted by atomic mass is 16.7. The standard InChI is InChI=1S/C26H33BN4O6/c1-17(2)12-23(27(35)36)30-25(34)26(14-19-8-5-4-6-9-19)15-22(31-37-26)16-28-24(33)20-10-7-11-21(13-20)29-18(3)32/h4-11,13,17,23,35-36H,12,14-16H2,1-3H3,(H,28,33)(H,29,32)(H,30,34)/t23-,26?/m0/s1. The number of anilines is 1. The van der Waals surface area contributed by atoms with Crippen molar-refractivity contribution in [3.05, 3.63) is 65.7 Å². The van der Waals surface area contributed by atoms with Crippen molar-refractivity contribution in [3.8, 4) is 0 Å². The molecule has 3 amide bonds. The minimum Gasteiger partial charge on any atom is -0.426 e. The summed E-state index contributed by atoms with van der Waals surface area (Å²) in [6.45, 7) is 5.27. The molecule has 0 aliphatic carbocycles. The van der Waals surface area contributed by atoms with Crippen LogP contribution in [0, 0.1) is 5.92 Å². The monoisotopic (exact) mass is 508 g/mol. The van der Waals surface area contributed by atoms with Crippen molar-refractivity contribution in [2.45, 2.75) is 51.6 Å². The van der Waals surface area contributed by atoms with E-state index in [1.54, 1.807) is 24.3 Å². The normalized spacial score (nSPS) is 17.4. The molecule has 0 spiro atoms. The second-order valence-corrected chi connectivity index (χ2v) is 9.65. The van der Waals surface area contributed by atoms with Crippen LogP contribution >= 0.6 is 0 Å². The third-order valence-corrected chi connectivity index (χ3v) is 5.89. The fourth-order valence-electron chi connectivity index (χ4n) is 4.15. The number of carbonyl (C=O) groups is 3. The molecule has 0 fully saturated rings. The quantitative estimate of drug-likeness (QED) is 0.292. The molecule has 196 valence electrons. The molecule has 0 saturated heterocycles. The minimum absolute atomic E-state index is 0.0467. The van der Waals surface area contributed by atoms with E-state index in [0.29, 0.717) is 23.4 Å². The van der Waals surface area contributed by atoms with Gasteiger partial charge in [0.05, 0.1) is 18.2 Å². The van der Waals surface area contributed by atoms with Crippen molar-refractivity contribution in [2.75, 3.05) is 11.9 Å².